The molecule has 3 rings (SSSR count). The van der Waals surface area contributed by atoms with E-state index in [0.29, 0.717) is 37.1 Å². The van der Waals surface area contributed by atoms with Gasteiger partial charge in [-0.05, 0) is 30.5 Å². The molecule has 2 heterocycles. The van der Waals surface area contributed by atoms with Crippen LogP contribution in [0, 0.1) is 0 Å². The Balaban J connectivity index is 0.00000187. The zero-order chi connectivity index (χ0) is 24.4. The summed E-state index contributed by atoms with van der Waals surface area (Å²) in [4.78, 5) is 18.8. The minimum atomic E-state index is -3.29. The Bertz CT molecular complexity index is 1020. The molecular formula is C23H30F2N2O5S. The van der Waals surface area contributed by atoms with Crippen molar-refractivity contribution in [2.24, 2.45) is 0 Å². The molecule has 1 amide bonds. The van der Waals surface area contributed by atoms with Crippen molar-refractivity contribution in [2.75, 3.05) is 26.0 Å². The molecule has 0 aliphatic carbocycles. The Morgan fingerprint density at radius 3 is 2.67 bits per heavy atom. The van der Waals surface area contributed by atoms with Crippen molar-refractivity contribution >= 4 is 15.7 Å². The van der Waals surface area contributed by atoms with E-state index in [1.54, 1.807) is 29.2 Å². The van der Waals surface area contributed by atoms with Gasteiger partial charge in [0, 0.05) is 30.6 Å². The molecule has 0 N–H and O–H groups in total. The Morgan fingerprint density at radius 2 is 1.97 bits per heavy atom. The quantitative estimate of drug-likeness (QED) is 0.564. The third-order valence-electron chi connectivity index (χ3n) is 4.70. The van der Waals surface area contributed by atoms with Gasteiger partial charge in [-0.3, -0.25) is 4.79 Å². The van der Waals surface area contributed by atoms with Crippen molar-refractivity contribution in [3.05, 3.63) is 53.7 Å². The first-order valence-corrected chi connectivity index (χ1v) is 12.9. The van der Waals surface area contributed by atoms with Gasteiger partial charge in [0.15, 0.2) is 9.84 Å². The SMILES string of the molecule is CC.CS(=O)(=O)Cc1ccccc1C(=O)N1CCC[C@@H](Oc2cc(OCC(F)F)ccn2)C1. The predicted molar refractivity (Wildman–Crippen MR) is 122 cm³/mol. The molecule has 10 heteroatoms. The van der Waals surface area contributed by atoms with E-state index in [2.05, 4.69) is 4.98 Å². The second-order valence-electron chi connectivity index (χ2n) is 7.39. The fraction of sp³-hybridized carbons (Fsp3) is 0.478. The van der Waals surface area contributed by atoms with Crippen molar-refractivity contribution < 1.29 is 31.5 Å². The first kappa shape index (κ1) is 26.5. The van der Waals surface area contributed by atoms with Crippen LogP contribution in [0.5, 0.6) is 11.6 Å². The number of aromatic nitrogens is 1. The number of pyridine rings is 1. The minimum Gasteiger partial charge on any atom is -0.487 e. The van der Waals surface area contributed by atoms with Crippen LogP contribution in [0.3, 0.4) is 0 Å². The summed E-state index contributed by atoms with van der Waals surface area (Å²) < 4.78 is 58.9. The molecule has 0 radical (unpaired) electrons. The van der Waals surface area contributed by atoms with Crippen molar-refractivity contribution in [1.82, 2.24) is 9.88 Å². The number of hydrogen-bond acceptors (Lipinski definition) is 6. The van der Waals surface area contributed by atoms with Crippen LogP contribution in [0.1, 0.15) is 42.6 Å². The van der Waals surface area contributed by atoms with Crippen LogP contribution < -0.4 is 9.47 Å². The van der Waals surface area contributed by atoms with Crippen LogP contribution >= 0.6 is 0 Å². The normalized spacial score (nSPS) is 16.1. The van der Waals surface area contributed by atoms with Gasteiger partial charge in [-0.15, -0.1) is 0 Å². The number of ether oxygens (including phenoxy) is 2. The molecule has 0 bridgehead atoms. The zero-order valence-corrected chi connectivity index (χ0v) is 19.9. The fourth-order valence-electron chi connectivity index (χ4n) is 3.40. The highest BCUT2D eigenvalue weighted by molar-refractivity contribution is 7.89. The van der Waals surface area contributed by atoms with E-state index in [4.69, 9.17) is 9.47 Å². The maximum atomic E-state index is 13.1. The summed E-state index contributed by atoms with van der Waals surface area (Å²) in [6.07, 6.45) is 1.01. The van der Waals surface area contributed by atoms with Gasteiger partial charge in [-0.25, -0.2) is 22.2 Å². The number of halogens is 2. The molecule has 182 valence electrons. The second-order valence-corrected chi connectivity index (χ2v) is 9.53. The van der Waals surface area contributed by atoms with Crippen LogP contribution in [0.25, 0.3) is 0 Å². The topological polar surface area (TPSA) is 85.8 Å². The molecule has 7 nitrogen and oxygen atoms in total. The summed E-state index contributed by atoms with van der Waals surface area (Å²) in [5, 5.41) is 0. The molecular weight excluding hydrogens is 454 g/mol. The van der Waals surface area contributed by atoms with Gasteiger partial charge < -0.3 is 14.4 Å². The van der Waals surface area contributed by atoms with E-state index >= 15 is 0 Å². The fourth-order valence-corrected chi connectivity index (χ4v) is 4.22. The van der Waals surface area contributed by atoms with Gasteiger partial charge in [-0.2, -0.15) is 0 Å². The average molecular weight is 485 g/mol. The van der Waals surface area contributed by atoms with Gasteiger partial charge in [0.25, 0.3) is 12.3 Å². The van der Waals surface area contributed by atoms with E-state index in [1.165, 1.54) is 18.3 Å². The first-order chi connectivity index (χ1) is 15.7. The average Bonchev–Trinajstić information content (AvgIpc) is 2.78. The highest BCUT2D eigenvalue weighted by Gasteiger charge is 2.27. The monoisotopic (exact) mass is 484 g/mol. The number of amides is 1. The van der Waals surface area contributed by atoms with Gasteiger partial charge in [-0.1, -0.05) is 32.0 Å². The largest absolute Gasteiger partial charge is 0.487 e. The molecule has 1 fully saturated rings. The minimum absolute atomic E-state index is 0.210. The van der Waals surface area contributed by atoms with Gasteiger partial charge in [0.1, 0.15) is 18.5 Å². The maximum absolute atomic E-state index is 13.1. The molecule has 0 saturated carbocycles. The number of carbonyl (C=O) groups is 1. The van der Waals surface area contributed by atoms with Crippen LogP contribution in [0.2, 0.25) is 0 Å². The van der Waals surface area contributed by atoms with Crippen molar-refractivity contribution in [3.8, 4) is 11.6 Å². The molecule has 1 saturated heterocycles. The number of benzene rings is 1. The molecule has 1 aliphatic rings. The zero-order valence-electron chi connectivity index (χ0n) is 19.0. The third-order valence-corrected chi connectivity index (χ3v) is 5.54. The lowest BCUT2D eigenvalue weighted by Crippen LogP contribution is -2.44. The molecule has 1 aromatic carbocycles. The number of hydrogen-bond donors (Lipinski definition) is 0. The lowest BCUT2D eigenvalue weighted by atomic mass is 10.0. The number of carbonyl (C=O) groups excluding carboxylic acids is 1. The number of rotatable bonds is 8. The lowest BCUT2D eigenvalue weighted by Gasteiger charge is -2.33. The lowest BCUT2D eigenvalue weighted by molar-refractivity contribution is 0.0525. The highest BCUT2D eigenvalue weighted by atomic mass is 32.2. The summed E-state index contributed by atoms with van der Waals surface area (Å²) in [5.74, 6) is -0.0142. The van der Waals surface area contributed by atoms with Crippen LogP contribution in [0.15, 0.2) is 42.6 Å². The maximum Gasteiger partial charge on any atom is 0.272 e. The Morgan fingerprint density at radius 1 is 1.24 bits per heavy atom. The van der Waals surface area contributed by atoms with E-state index in [0.717, 1.165) is 6.26 Å². The van der Waals surface area contributed by atoms with Crippen molar-refractivity contribution in [2.45, 2.75) is 45.0 Å². The summed E-state index contributed by atoms with van der Waals surface area (Å²) in [5.41, 5.74) is 0.817. The summed E-state index contributed by atoms with van der Waals surface area (Å²) in [6.45, 7) is 4.11. The standard InChI is InChI=1S/C21H24F2N2O5S.C2H6/c1-31(27,28)14-15-5-2-3-7-18(15)21(26)25-10-4-6-17(12-25)30-20-11-16(8-9-24-20)29-13-19(22)23;1-2/h2-3,5,7-9,11,17,19H,4,6,10,12-14H2,1H3;1-2H3/t17-;/m1./s1. The van der Waals surface area contributed by atoms with Crippen LogP contribution in [-0.4, -0.2) is 62.7 Å². The van der Waals surface area contributed by atoms with Gasteiger partial charge in [0.05, 0.1) is 12.3 Å². The summed E-state index contributed by atoms with van der Waals surface area (Å²) >= 11 is 0. The summed E-state index contributed by atoms with van der Waals surface area (Å²) in [7, 11) is -3.29. The van der Waals surface area contributed by atoms with Gasteiger partial charge in [0.2, 0.25) is 5.88 Å². The number of alkyl halides is 2. The van der Waals surface area contributed by atoms with Crippen LogP contribution in [-0.2, 0) is 15.6 Å². The Hall–Kier alpha value is -2.75. The van der Waals surface area contributed by atoms with Crippen molar-refractivity contribution in [1.29, 1.82) is 0 Å². The van der Waals surface area contributed by atoms with E-state index in [9.17, 15) is 22.0 Å². The Kier molecular flexibility index (Phi) is 10.0. The van der Waals surface area contributed by atoms with Gasteiger partial charge >= 0.3 is 0 Å². The summed E-state index contributed by atoms with van der Waals surface area (Å²) in [6, 6.07) is 9.56. The van der Waals surface area contributed by atoms with E-state index in [1.807, 2.05) is 13.8 Å². The van der Waals surface area contributed by atoms with E-state index in [-0.39, 0.29) is 29.4 Å². The number of sulfone groups is 1. The smallest absolute Gasteiger partial charge is 0.272 e. The number of likely N-dealkylation sites (tertiary alicyclic amines) is 1. The van der Waals surface area contributed by atoms with E-state index < -0.39 is 22.9 Å². The molecule has 2 aromatic rings. The Labute approximate surface area is 193 Å². The van der Waals surface area contributed by atoms with Crippen LogP contribution in [0.4, 0.5) is 8.78 Å². The number of nitrogens with zero attached hydrogens (tertiary/aromatic N) is 2. The molecule has 33 heavy (non-hydrogen) atoms. The predicted octanol–water partition coefficient (Wildman–Crippen LogP) is 3.98. The third kappa shape index (κ3) is 8.60. The molecule has 1 aliphatic heterocycles. The molecule has 1 atom stereocenters. The highest BCUT2D eigenvalue weighted by Crippen LogP contribution is 2.23. The first-order valence-electron chi connectivity index (χ1n) is 10.8. The number of piperidine rings is 1. The molecule has 0 unspecified atom stereocenters. The second kappa shape index (κ2) is 12.5. The van der Waals surface area contributed by atoms with Crippen molar-refractivity contribution in [3.63, 3.8) is 0 Å². The molecule has 0 spiro atoms. The molecule has 1 aromatic heterocycles.